The molecule has 0 aliphatic carbocycles. The second-order valence-corrected chi connectivity index (χ2v) is 8.74. The van der Waals surface area contributed by atoms with E-state index in [9.17, 15) is 14.9 Å². The van der Waals surface area contributed by atoms with Crippen molar-refractivity contribution in [1.29, 1.82) is 5.26 Å². The van der Waals surface area contributed by atoms with Gasteiger partial charge in [0.25, 0.3) is 5.91 Å². The van der Waals surface area contributed by atoms with Crippen LogP contribution in [0.4, 0.5) is 11.4 Å². The Labute approximate surface area is 216 Å². The zero-order valence-electron chi connectivity index (χ0n) is 20.9. The van der Waals surface area contributed by atoms with E-state index in [4.69, 9.17) is 9.84 Å². The maximum absolute atomic E-state index is 13.4. The number of carbonyl (C=O) groups is 2. The van der Waals surface area contributed by atoms with Gasteiger partial charge < -0.3 is 15.0 Å². The molecule has 0 spiro atoms. The summed E-state index contributed by atoms with van der Waals surface area (Å²) in [6.45, 7) is 2.45. The SMILES string of the molecule is COc1ccc(NC(=O)CC(=O)N2N=C(N(CCC#N)c3cccc(C)c3)CC2c2ccccc2)cc1. The van der Waals surface area contributed by atoms with Crippen LogP contribution in [0, 0.1) is 18.3 Å². The van der Waals surface area contributed by atoms with Crippen molar-refractivity contribution in [3.05, 3.63) is 90.0 Å². The molecule has 8 nitrogen and oxygen atoms in total. The van der Waals surface area contributed by atoms with E-state index in [0.29, 0.717) is 36.7 Å². The second kappa shape index (κ2) is 11.9. The van der Waals surface area contributed by atoms with Gasteiger partial charge in [-0.2, -0.15) is 10.4 Å². The molecule has 37 heavy (non-hydrogen) atoms. The van der Waals surface area contributed by atoms with Crippen molar-refractivity contribution >= 4 is 29.0 Å². The summed E-state index contributed by atoms with van der Waals surface area (Å²) in [5.41, 5.74) is 3.49. The Hall–Kier alpha value is -4.64. The summed E-state index contributed by atoms with van der Waals surface area (Å²) in [7, 11) is 1.57. The number of amidine groups is 1. The summed E-state index contributed by atoms with van der Waals surface area (Å²) in [6.07, 6.45) is 0.422. The standard InChI is InChI=1S/C29H29N5O3/c1-21-8-6-11-24(18-21)33(17-7-16-30)27-19-26(22-9-4-3-5-10-22)34(32-27)29(36)20-28(35)31-23-12-14-25(37-2)15-13-23/h3-6,8-15,18,26H,7,17,19-20H2,1-2H3,(H,31,35). The lowest BCUT2D eigenvalue weighted by molar-refractivity contribution is -0.136. The summed E-state index contributed by atoms with van der Waals surface area (Å²) in [4.78, 5) is 28.1. The zero-order valence-corrected chi connectivity index (χ0v) is 20.9. The summed E-state index contributed by atoms with van der Waals surface area (Å²) in [6, 6.07) is 26.4. The Morgan fingerprint density at radius 2 is 1.86 bits per heavy atom. The van der Waals surface area contributed by atoms with Crippen LogP contribution in [0.3, 0.4) is 0 Å². The number of amides is 2. The van der Waals surface area contributed by atoms with E-state index in [0.717, 1.165) is 16.8 Å². The Morgan fingerprint density at radius 1 is 1.11 bits per heavy atom. The predicted octanol–water partition coefficient (Wildman–Crippen LogP) is 5.04. The van der Waals surface area contributed by atoms with E-state index >= 15 is 0 Å². The van der Waals surface area contributed by atoms with Crippen molar-refractivity contribution in [2.24, 2.45) is 5.10 Å². The molecular formula is C29H29N5O3. The number of nitrogens with one attached hydrogen (secondary N) is 1. The summed E-state index contributed by atoms with van der Waals surface area (Å²) < 4.78 is 5.14. The Bertz CT molecular complexity index is 1320. The molecular weight excluding hydrogens is 466 g/mol. The first-order valence-corrected chi connectivity index (χ1v) is 12.1. The normalized spacial score (nSPS) is 14.5. The molecule has 8 heteroatoms. The number of ether oxygens (including phenoxy) is 1. The highest BCUT2D eigenvalue weighted by Gasteiger charge is 2.35. The second-order valence-electron chi connectivity index (χ2n) is 8.74. The molecule has 2 amide bonds. The summed E-state index contributed by atoms with van der Waals surface area (Å²) in [5, 5.41) is 18.1. The maximum atomic E-state index is 13.4. The number of carbonyl (C=O) groups excluding carboxylic acids is 2. The lowest BCUT2D eigenvalue weighted by Gasteiger charge is -2.24. The van der Waals surface area contributed by atoms with Crippen molar-refractivity contribution in [3.8, 4) is 11.8 Å². The highest BCUT2D eigenvalue weighted by atomic mass is 16.5. The van der Waals surface area contributed by atoms with E-state index in [1.807, 2.05) is 66.4 Å². The van der Waals surface area contributed by atoms with Gasteiger partial charge in [-0.1, -0.05) is 42.5 Å². The van der Waals surface area contributed by atoms with Crippen molar-refractivity contribution < 1.29 is 14.3 Å². The third-order valence-electron chi connectivity index (χ3n) is 6.09. The van der Waals surface area contributed by atoms with Gasteiger partial charge in [-0.25, -0.2) is 5.01 Å². The fourth-order valence-corrected chi connectivity index (χ4v) is 4.29. The fraction of sp³-hybridized carbons (Fsp3) is 0.241. The minimum Gasteiger partial charge on any atom is -0.497 e. The Morgan fingerprint density at radius 3 is 2.54 bits per heavy atom. The summed E-state index contributed by atoms with van der Waals surface area (Å²) >= 11 is 0. The van der Waals surface area contributed by atoms with E-state index in [2.05, 4.69) is 11.4 Å². The first kappa shape index (κ1) is 25.5. The quantitative estimate of drug-likeness (QED) is 0.442. The van der Waals surface area contributed by atoms with Gasteiger partial charge in [0.1, 0.15) is 18.0 Å². The van der Waals surface area contributed by atoms with E-state index < -0.39 is 11.8 Å². The van der Waals surface area contributed by atoms with Gasteiger partial charge in [0.05, 0.1) is 25.6 Å². The number of hydrogen-bond donors (Lipinski definition) is 1. The number of methoxy groups -OCH3 is 1. The smallest absolute Gasteiger partial charge is 0.252 e. The van der Waals surface area contributed by atoms with E-state index in [-0.39, 0.29) is 12.5 Å². The molecule has 0 aromatic heterocycles. The molecule has 1 heterocycles. The van der Waals surface area contributed by atoms with Crippen LogP contribution in [0.1, 0.15) is 36.4 Å². The molecule has 0 saturated heterocycles. The van der Waals surface area contributed by atoms with Crippen LogP contribution in [0.25, 0.3) is 0 Å². The van der Waals surface area contributed by atoms with Crippen LogP contribution in [-0.4, -0.2) is 36.3 Å². The molecule has 4 rings (SSSR count). The molecule has 0 bridgehead atoms. The van der Waals surface area contributed by atoms with Gasteiger partial charge in [-0.3, -0.25) is 9.59 Å². The van der Waals surface area contributed by atoms with Crippen molar-refractivity contribution in [2.75, 3.05) is 23.9 Å². The molecule has 0 saturated carbocycles. The number of anilines is 2. The monoisotopic (exact) mass is 495 g/mol. The third-order valence-corrected chi connectivity index (χ3v) is 6.09. The van der Waals surface area contributed by atoms with Crippen LogP contribution in [0.2, 0.25) is 0 Å². The van der Waals surface area contributed by atoms with Crippen LogP contribution in [0.15, 0.2) is 84.0 Å². The van der Waals surface area contributed by atoms with Gasteiger partial charge >= 0.3 is 0 Å². The Kier molecular flexibility index (Phi) is 8.16. The van der Waals surface area contributed by atoms with Gasteiger partial charge in [0, 0.05) is 24.3 Å². The number of nitriles is 1. The fourth-order valence-electron chi connectivity index (χ4n) is 4.29. The number of aryl methyl sites for hydroxylation is 1. The number of nitrogens with zero attached hydrogens (tertiary/aromatic N) is 4. The van der Waals surface area contributed by atoms with Crippen molar-refractivity contribution in [2.45, 2.75) is 32.2 Å². The highest BCUT2D eigenvalue weighted by molar-refractivity contribution is 6.06. The van der Waals surface area contributed by atoms with Crippen LogP contribution < -0.4 is 15.0 Å². The first-order chi connectivity index (χ1) is 18.0. The van der Waals surface area contributed by atoms with E-state index in [1.165, 1.54) is 5.01 Å². The van der Waals surface area contributed by atoms with E-state index in [1.54, 1.807) is 31.4 Å². The average Bonchev–Trinajstić information content (AvgIpc) is 3.35. The first-order valence-electron chi connectivity index (χ1n) is 12.1. The van der Waals surface area contributed by atoms with Crippen LogP contribution in [0.5, 0.6) is 5.75 Å². The molecule has 0 fully saturated rings. The molecule has 1 aliphatic rings. The number of rotatable bonds is 8. The lowest BCUT2D eigenvalue weighted by atomic mass is 10.0. The van der Waals surface area contributed by atoms with Gasteiger partial charge in [0.15, 0.2) is 0 Å². The van der Waals surface area contributed by atoms with Crippen molar-refractivity contribution in [1.82, 2.24) is 5.01 Å². The number of benzene rings is 3. The topological polar surface area (TPSA) is 98.0 Å². The Balaban J connectivity index is 1.58. The van der Waals surface area contributed by atoms with Crippen LogP contribution in [-0.2, 0) is 9.59 Å². The molecule has 3 aromatic carbocycles. The molecule has 188 valence electrons. The zero-order chi connectivity index (χ0) is 26.2. The third kappa shape index (κ3) is 6.33. The lowest BCUT2D eigenvalue weighted by Crippen LogP contribution is -2.31. The largest absolute Gasteiger partial charge is 0.497 e. The minimum atomic E-state index is -0.425. The average molecular weight is 496 g/mol. The van der Waals surface area contributed by atoms with Crippen LogP contribution >= 0.6 is 0 Å². The highest BCUT2D eigenvalue weighted by Crippen LogP contribution is 2.34. The minimum absolute atomic E-state index is 0.307. The molecule has 1 atom stereocenters. The van der Waals surface area contributed by atoms with Crippen molar-refractivity contribution in [3.63, 3.8) is 0 Å². The number of hydrazone groups is 1. The molecule has 1 aliphatic heterocycles. The van der Waals surface area contributed by atoms with Gasteiger partial charge in [-0.05, 0) is 54.4 Å². The molecule has 1 unspecified atom stereocenters. The molecule has 0 radical (unpaired) electrons. The van der Waals surface area contributed by atoms with Gasteiger partial charge in [-0.15, -0.1) is 0 Å². The maximum Gasteiger partial charge on any atom is 0.252 e. The number of hydrogen-bond acceptors (Lipinski definition) is 6. The summed E-state index contributed by atoms with van der Waals surface area (Å²) in [5.74, 6) is 0.525. The predicted molar refractivity (Wildman–Crippen MR) is 143 cm³/mol. The molecule has 3 aromatic rings. The van der Waals surface area contributed by atoms with Gasteiger partial charge in [0.2, 0.25) is 5.91 Å². The molecule has 1 N–H and O–H groups in total.